The summed E-state index contributed by atoms with van der Waals surface area (Å²) in [5.41, 5.74) is 0. The standard InChI is InChI=1S/C8H15N2/c1-10-6-9-7-4-2-3-5-8(7)10/h6-9H,2-5H2,1H3. The second-order valence-electron chi connectivity index (χ2n) is 3.42. The topological polar surface area (TPSA) is 15.3 Å². The molecule has 2 rings (SSSR count). The normalized spacial score (nSPS) is 41.7. The number of hydrogen-bond donors (Lipinski definition) is 1. The van der Waals surface area contributed by atoms with Crippen molar-refractivity contribution in [2.45, 2.75) is 37.8 Å². The Hall–Kier alpha value is -0.0800. The monoisotopic (exact) mass is 139 g/mol. The highest BCUT2D eigenvalue weighted by Gasteiger charge is 2.32. The summed E-state index contributed by atoms with van der Waals surface area (Å²) in [5.74, 6) is 0. The van der Waals surface area contributed by atoms with Crippen LogP contribution in [-0.2, 0) is 0 Å². The van der Waals surface area contributed by atoms with E-state index in [-0.39, 0.29) is 0 Å². The predicted octanol–water partition coefficient (Wildman–Crippen LogP) is 0.952. The smallest absolute Gasteiger partial charge is 0.0897 e. The summed E-state index contributed by atoms with van der Waals surface area (Å²) >= 11 is 0. The van der Waals surface area contributed by atoms with Gasteiger partial charge < -0.3 is 0 Å². The zero-order valence-corrected chi connectivity index (χ0v) is 6.51. The fraction of sp³-hybridized carbons (Fsp3) is 0.875. The van der Waals surface area contributed by atoms with E-state index in [0.29, 0.717) is 0 Å². The molecule has 0 bridgehead atoms. The van der Waals surface area contributed by atoms with Crippen molar-refractivity contribution in [3.8, 4) is 0 Å². The summed E-state index contributed by atoms with van der Waals surface area (Å²) < 4.78 is 0. The van der Waals surface area contributed by atoms with Crippen LogP contribution in [0, 0.1) is 6.67 Å². The second kappa shape index (κ2) is 2.51. The van der Waals surface area contributed by atoms with Crippen molar-refractivity contribution in [1.82, 2.24) is 10.2 Å². The van der Waals surface area contributed by atoms with Gasteiger partial charge in [0.15, 0.2) is 0 Å². The Bertz CT molecular complexity index is 122. The van der Waals surface area contributed by atoms with Crippen LogP contribution in [0.4, 0.5) is 0 Å². The van der Waals surface area contributed by atoms with Gasteiger partial charge in [-0.3, -0.25) is 10.2 Å². The number of nitrogens with zero attached hydrogens (tertiary/aromatic N) is 1. The van der Waals surface area contributed by atoms with Gasteiger partial charge in [0.2, 0.25) is 0 Å². The van der Waals surface area contributed by atoms with Gasteiger partial charge in [0.25, 0.3) is 0 Å². The number of rotatable bonds is 0. The van der Waals surface area contributed by atoms with Gasteiger partial charge in [0.1, 0.15) is 0 Å². The molecule has 1 radical (unpaired) electrons. The second-order valence-corrected chi connectivity index (χ2v) is 3.42. The first-order chi connectivity index (χ1) is 4.88. The minimum Gasteiger partial charge on any atom is -0.295 e. The zero-order valence-electron chi connectivity index (χ0n) is 6.51. The van der Waals surface area contributed by atoms with Crippen molar-refractivity contribution in [2.24, 2.45) is 0 Å². The summed E-state index contributed by atoms with van der Waals surface area (Å²) in [6, 6.07) is 1.56. The van der Waals surface area contributed by atoms with E-state index < -0.39 is 0 Å². The van der Waals surface area contributed by atoms with Crippen LogP contribution in [0.3, 0.4) is 0 Å². The van der Waals surface area contributed by atoms with Crippen LogP contribution in [0.5, 0.6) is 0 Å². The van der Waals surface area contributed by atoms with Gasteiger partial charge in [-0.05, 0) is 19.9 Å². The van der Waals surface area contributed by atoms with Crippen LogP contribution in [0.25, 0.3) is 0 Å². The lowest BCUT2D eigenvalue weighted by molar-refractivity contribution is 0.262. The lowest BCUT2D eigenvalue weighted by Gasteiger charge is -2.27. The lowest BCUT2D eigenvalue weighted by Crippen LogP contribution is -2.36. The first kappa shape index (κ1) is 6.62. The Morgan fingerprint density at radius 1 is 1.40 bits per heavy atom. The van der Waals surface area contributed by atoms with E-state index in [9.17, 15) is 0 Å². The van der Waals surface area contributed by atoms with E-state index in [1.165, 1.54) is 25.7 Å². The fourth-order valence-corrected chi connectivity index (χ4v) is 2.10. The van der Waals surface area contributed by atoms with Crippen molar-refractivity contribution in [1.29, 1.82) is 0 Å². The molecule has 2 atom stereocenters. The van der Waals surface area contributed by atoms with Crippen molar-refractivity contribution in [2.75, 3.05) is 7.05 Å². The van der Waals surface area contributed by atoms with E-state index >= 15 is 0 Å². The minimum atomic E-state index is 0.763. The number of nitrogens with one attached hydrogen (secondary N) is 1. The summed E-state index contributed by atoms with van der Waals surface area (Å²) in [6.07, 6.45) is 5.58. The van der Waals surface area contributed by atoms with Crippen LogP contribution in [-0.4, -0.2) is 24.0 Å². The average molecular weight is 139 g/mol. The third-order valence-corrected chi connectivity index (χ3v) is 2.74. The molecule has 2 heteroatoms. The molecule has 1 saturated carbocycles. The maximum absolute atomic E-state index is 3.41. The molecule has 1 heterocycles. The highest BCUT2D eigenvalue weighted by molar-refractivity contribution is 4.95. The van der Waals surface area contributed by atoms with Gasteiger partial charge in [-0.2, -0.15) is 0 Å². The Labute approximate surface area is 62.6 Å². The molecule has 1 N–H and O–H groups in total. The molecule has 10 heavy (non-hydrogen) atoms. The van der Waals surface area contributed by atoms with E-state index in [1.807, 2.05) is 0 Å². The lowest BCUT2D eigenvalue weighted by atomic mass is 9.91. The summed E-state index contributed by atoms with van der Waals surface area (Å²) in [6.45, 7) is 2.13. The van der Waals surface area contributed by atoms with Gasteiger partial charge in [0, 0.05) is 12.1 Å². The number of likely N-dealkylation sites (N-methyl/N-ethyl adjacent to an activating group) is 1. The maximum atomic E-state index is 3.41. The third kappa shape index (κ3) is 0.956. The molecule has 1 aliphatic carbocycles. The van der Waals surface area contributed by atoms with Gasteiger partial charge in [0.05, 0.1) is 6.67 Å². The Balaban J connectivity index is 2.01. The highest BCUT2D eigenvalue weighted by atomic mass is 15.3. The van der Waals surface area contributed by atoms with Gasteiger partial charge in [-0.1, -0.05) is 12.8 Å². The average Bonchev–Trinajstić information content (AvgIpc) is 2.34. The molecule has 1 aliphatic heterocycles. The Kier molecular flexibility index (Phi) is 1.66. The third-order valence-electron chi connectivity index (χ3n) is 2.74. The molecule has 0 amide bonds. The minimum absolute atomic E-state index is 0.763. The van der Waals surface area contributed by atoms with Crippen LogP contribution in [0.15, 0.2) is 0 Å². The van der Waals surface area contributed by atoms with Crippen LogP contribution < -0.4 is 5.32 Å². The van der Waals surface area contributed by atoms with Crippen molar-refractivity contribution in [3.05, 3.63) is 6.67 Å². The molecule has 2 fully saturated rings. The molecule has 2 aliphatic rings. The Morgan fingerprint density at radius 3 is 3.00 bits per heavy atom. The van der Waals surface area contributed by atoms with Crippen LogP contribution in [0.2, 0.25) is 0 Å². The van der Waals surface area contributed by atoms with Crippen molar-refractivity contribution in [3.63, 3.8) is 0 Å². The van der Waals surface area contributed by atoms with E-state index in [2.05, 4.69) is 23.9 Å². The first-order valence-corrected chi connectivity index (χ1v) is 4.19. The van der Waals surface area contributed by atoms with Gasteiger partial charge >= 0.3 is 0 Å². The van der Waals surface area contributed by atoms with Crippen molar-refractivity contribution >= 4 is 0 Å². The van der Waals surface area contributed by atoms with Crippen molar-refractivity contribution < 1.29 is 0 Å². The SMILES string of the molecule is CN1[CH]NC2CCCCC21. The van der Waals surface area contributed by atoms with E-state index in [1.54, 1.807) is 0 Å². The molecule has 1 saturated heterocycles. The molecule has 0 spiro atoms. The van der Waals surface area contributed by atoms with Crippen LogP contribution in [0.1, 0.15) is 25.7 Å². The quantitative estimate of drug-likeness (QED) is 0.537. The summed E-state index contributed by atoms with van der Waals surface area (Å²) in [4.78, 5) is 2.32. The number of fused-ring (bicyclic) bond motifs is 1. The molecular formula is C8H15N2. The number of hydrogen-bond acceptors (Lipinski definition) is 2. The van der Waals surface area contributed by atoms with Gasteiger partial charge in [-0.25, -0.2) is 0 Å². The zero-order chi connectivity index (χ0) is 6.97. The summed E-state index contributed by atoms with van der Waals surface area (Å²) in [5, 5.41) is 3.41. The molecule has 2 unspecified atom stereocenters. The molecule has 0 aromatic carbocycles. The fourth-order valence-electron chi connectivity index (χ4n) is 2.10. The highest BCUT2D eigenvalue weighted by Crippen LogP contribution is 2.26. The summed E-state index contributed by atoms with van der Waals surface area (Å²) in [7, 11) is 2.17. The van der Waals surface area contributed by atoms with Crippen LogP contribution >= 0.6 is 0 Å². The molecule has 2 nitrogen and oxygen atoms in total. The molecule has 0 aromatic heterocycles. The predicted molar refractivity (Wildman–Crippen MR) is 41.2 cm³/mol. The molecule has 0 aromatic rings. The first-order valence-electron chi connectivity index (χ1n) is 4.19. The van der Waals surface area contributed by atoms with E-state index in [4.69, 9.17) is 0 Å². The Morgan fingerprint density at radius 2 is 2.20 bits per heavy atom. The maximum Gasteiger partial charge on any atom is 0.0897 e. The van der Waals surface area contributed by atoms with Gasteiger partial charge in [-0.15, -0.1) is 0 Å². The molecule has 57 valence electrons. The molecular weight excluding hydrogens is 124 g/mol. The largest absolute Gasteiger partial charge is 0.295 e. The van der Waals surface area contributed by atoms with E-state index in [0.717, 1.165) is 12.1 Å².